The van der Waals surface area contributed by atoms with Gasteiger partial charge in [0.1, 0.15) is 0 Å². The second-order valence-electron chi connectivity index (χ2n) is 5.73. The van der Waals surface area contributed by atoms with Crippen molar-refractivity contribution < 1.29 is 4.79 Å². The molecule has 0 aliphatic carbocycles. The Hall–Kier alpha value is -1.35. The van der Waals surface area contributed by atoms with E-state index in [-0.39, 0.29) is 11.9 Å². The van der Waals surface area contributed by atoms with E-state index >= 15 is 0 Å². The first-order valence-corrected chi connectivity index (χ1v) is 7.76. The van der Waals surface area contributed by atoms with Crippen LogP contribution in [0.4, 0.5) is 5.69 Å². The first-order chi connectivity index (χ1) is 9.65. The molecule has 0 aromatic heterocycles. The largest absolute Gasteiger partial charge is 0.311 e. The zero-order valence-electron chi connectivity index (χ0n) is 12.9. The molecule has 3 nitrogen and oxygen atoms in total. The molecule has 1 atom stereocenters. The average Bonchev–Trinajstić information content (AvgIpc) is 2.46. The molecule has 3 heteroatoms. The summed E-state index contributed by atoms with van der Waals surface area (Å²) in [6.45, 7) is 8.06. The van der Waals surface area contributed by atoms with Gasteiger partial charge in [-0.2, -0.15) is 0 Å². The summed E-state index contributed by atoms with van der Waals surface area (Å²) >= 11 is 0. The van der Waals surface area contributed by atoms with Gasteiger partial charge in [0.2, 0.25) is 5.91 Å². The molecule has 1 unspecified atom stereocenters. The summed E-state index contributed by atoms with van der Waals surface area (Å²) in [5.74, 6) is 0.240. The van der Waals surface area contributed by atoms with Gasteiger partial charge in [-0.15, -0.1) is 0 Å². The number of carbonyl (C=O) groups is 1. The first-order valence-electron chi connectivity index (χ1n) is 7.76. The Morgan fingerprint density at radius 3 is 2.55 bits per heavy atom. The van der Waals surface area contributed by atoms with Gasteiger partial charge in [-0.3, -0.25) is 4.79 Å². The first kappa shape index (κ1) is 15.0. The van der Waals surface area contributed by atoms with Gasteiger partial charge in [-0.05, 0) is 50.8 Å². The third-order valence-electron chi connectivity index (χ3n) is 4.03. The number of nitrogens with one attached hydrogen (secondary N) is 1. The van der Waals surface area contributed by atoms with E-state index in [1.54, 1.807) is 0 Å². The van der Waals surface area contributed by atoms with Crippen LogP contribution in [0.25, 0.3) is 0 Å². The van der Waals surface area contributed by atoms with Crippen molar-refractivity contribution in [2.45, 2.75) is 52.5 Å². The van der Waals surface area contributed by atoms with Crippen LogP contribution in [0.3, 0.4) is 0 Å². The molecule has 20 heavy (non-hydrogen) atoms. The van der Waals surface area contributed by atoms with Gasteiger partial charge < -0.3 is 10.2 Å². The smallest absolute Gasteiger partial charge is 0.244 e. The van der Waals surface area contributed by atoms with E-state index in [0.29, 0.717) is 0 Å². The van der Waals surface area contributed by atoms with Gasteiger partial charge in [0.15, 0.2) is 0 Å². The molecule has 1 N–H and O–H groups in total. The maximum Gasteiger partial charge on any atom is 0.244 e. The SMILES string of the molecule is CCCN(C(=O)C1CCCCN1)c1c(C)cccc1C. The summed E-state index contributed by atoms with van der Waals surface area (Å²) in [4.78, 5) is 14.9. The highest BCUT2D eigenvalue weighted by Crippen LogP contribution is 2.26. The summed E-state index contributed by atoms with van der Waals surface area (Å²) in [5, 5.41) is 3.38. The van der Waals surface area contributed by atoms with E-state index in [4.69, 9.17) is 0 Å². The lowest BCUT2D eigenvalue weighted by atomic mass is 10.0. The molecule has 1 fully saturated rings. The van der Waals surface area contributed by atoms with Crippen molar-refractivity contribution in [1.29, 1.82) is 0 Å². The van der Waals surface area contributed by atoms with Gasteiger partial charge in [0.05, 0.1) is 6.04 Å². The Morgan fingerprint density at radius 2 is 2.00 bits per heavy atom. The molecule has 1 aromatic carbocycles. The summed E-state index contributed by atoms with van der Waals surface area (Å²) in [7, 11) is 0. The minimum atomic E-state index is -0.00527. The van der Waals surface area contributed by atoms with Crippen molar-refractivity contribution in [3.63, 3.8) is 0 Å². The van der Waals surface area contributed by atoms with Crippen molar-refractivity contribution >= 4 is 11.6 Å². The van der Waals surface area contributed by atoms with Gasteiger partial charge >= 0.3 is 0 Å². The maximum atomic E-state index is 12.9. The van der Waals surface area contributed by atoms with Crippen LogP contribution in [0.1, 0.15) is 43.7 Å². The van der Waals surface area contributed by atoms with Crippen LogP contribution in [-0.4, -0.2) is 25.0 Å². The highest BCUT2D eigenvalue weighted by molar-refractivity contribution is 5.98. The zero-order valence-corrected chi connectivity index (χ0v) is 12.9. The van der Waals surface area contributed by atoms with Gasteiger partial charge in [0, 0.05) is 12.2 Å². The molecule has 1 saturated heterocycles. The Labute approximate surface area is 122 Å². The topological polar surface area (TPSA) is 32.3 Å². The molecular formula is C17H26N2O. The summed E-state index contributed by atoms with van der Waals surface area (Å²) < 4.78 is 0. The van der Waals surface area contributed by atoms with Gasteiger partial charge in [-0.1, -0.05) is 31.5 Å². The van der Waals surface area contributed by atoms with Crippen molar-refractivity contribution in [3.8, 4) is 0 Å². The van der Waals surface area contributed by atoms with Crippen LogP contribution in [0.5, 0.6) is 0 Å². The lowest BCUT2D eigenvalue weighted by Gasteiger charge is -2.31. The number of piperidine rings is 1. The summed E-state index contributed by atoms with van der Waals surface area (Å²) in [6, 6.07) is 6.23. The fourth-order valence-electron chi connectivity index (χ4n) is 3.04. The van der Waals surface area contributed by atoms with Crippen molar-refractivity contribution in [2.24, 2.45) is 0 Å². The molecule has 1 aliphatic heterocycles. The number of amides is 1. The molecule has 1 amide bonds. The van der Waals surface area contributed by atoms with Crippen molar-refractivity contribution in [2.75, 3.05) is 18.0 Å². The summed E-state index contributed by atoms with van der Waals surface area (Å²) in [6.07, 6.45) is 4.27. The van der Waals surface area contributed by atoms with E-state index in [2.05, 4.69) is 44.3 Å². The highest BCUT2D eigenvalue weighted by Gasteiger charge is 2.27. The lowest BCUT2D eigenvalue weighted by Crippen LogP contribution is -2.49. The van der Waals surface area contributed by atoms with Gasteiger partial charge in [-0.25, -0.2) is 0 Å². The predicted molar refractivity (Wildman–Crippen MR) is 84.2 cm³/mol. The van der Waals surface area contributed by atoms with Gasteiger partial charge in [0.25, 0.3) is 0 Å². The molecule has 1 aromatic rings. The molecule has 1 aliphatic rings. The van der Waals surface area contributed by atoms with Crippen LogP contribution < -0.4 is 10.2 Å². The lowest BCUT2D eigenvalue weighted by molar-refractivity contribution is -0.121. The van der Waals surface area contributed by atoms with Crippen molar-refractivity contribution in [1.82, 2.24) is 5.32 Å². The maximum absolute atomic E-state index is 12.9. The fraction of sp³-hybridized carbons (Fsp3) is 0.588. The third-order valence-corrected chi connectivity index (χ3v) is 4.03. The quantitative estimate of drug-likeness (QED) is 0.914. The minimum Gasteiger partial charge on any atom is -0.311 e. The van der Waals surface area contributed by atoms with Crippen molar-refractivity contribution in [3.05, 3.63) is 29.3 Å². The highest BCUT2D eigenvalue weighted by atomic mass is 16.2. The molecule has 110 valence electrons. The Balaban J connectivity index is 2.28. The standard InChI is InChI=1S/C17H26N2O/c1-4-12-19(16-13(2)8-7-9-14(16)3)17(20)15-10-5-6-11-18-15/h7-9,15,18H,4-6,10-12H2,1-3H3. The number of hydrogen-bond acceptors (Lipinski definition) is 2. The normalized spacial score (nSPS) is 18.9. The molecule has 0 bridgehead atoms. The molecular weight excluding hydrogens is 248 g/mol. The van der Waals surface area contributed by atoms with E-state index in [1.807, 2.05) is 4.90 Å². The second-order valence-corrected chi connectivity index (χ2v) is 5.73. The number of anilines is 1. The number of aryl methyl sites for hydroxylation is 2. The number of rotatable bonds is 4. The average molecular weight is 274 g/mol. The van der Waals surface area contributed by atoms with Crippen LogP contribution in [0, 0.1) is 13.8 Å². The molecule has 2 rings (SSSR count). The fourth-order valence-corrected chi connectivity index (χ4v) is 3.04. The predicted octanol–water partition coefficient (Wildman–Crippen LogP) is 3.19. The Bertz CT molecular complexity index is 444. The second kappa shape index (κ2) is 6.89. The monoisotopic (exact) mass is 274 g/mol. The van der Waals surface area contributed by atoms with Crippen LogP contribution >= 0.6 is 0 Å². The zero-order chi connectivity index (χ0) is 14.5. The van der Waals surface area contributed by atoms with E-state index in [9.17, 15) is 4.79 Å². The van der Waals surface area contributed by atoms with Crippen LogP contribution in [-0.2, 0) is 4.79 Å². The number of para-hydroxylation sites is 1. The molecule has 0 saturated carbocycles. The van der Waals surface area contributed by atoms with Crippen LogP contribution in [0.2, 0.25) is 0 Å². The van der Waals surface area contributed by atoms with E-state index in [0.717, 1.165) is 38.0 Å². The number of hydrogen-bond donors (Lipinski definition) is 1. The van der Waals surface area contributed by atoms with E-state index in [1.165, 1.54) is 17.5 Å². The molecule has 0 radical (unpaired) electrons. The third kappa shape index (κ3) is 3.21. The van der Waals surface area contributed by atoms with Crippen LogP contribution in [0.15, 0.2) is 18.2 Å². The van der Waals surface area contributed by atoms with E-state index < -0.39 is 0 Å². The minimum absolute atomic E-state index is 0.00527. The molecule has 1 heterocycles. The number of benzene rings is 1. The molecule has 0 spiro atoms. The Morgan fingerprint density at radius 1 is 1.30 bits per heavy atom. The number of nitrogens with zero attached hydrogens (tertiary/aromatic N) is 1. The Kier molecular flexibility index (Phi) is 5.18. The summed E-state index contributed by atoms with van der Waals surface area (Å²) in [5.41, 5.74) is 3.47. The number of carbonyl (C=O) groups excluding carboxylic acids is 1.